The SMILES string of the molecule is CCCCCC(C(=O)CCc1ccc2c(c1)OC1C(C#CC(O)c3ccc4c(c3CC3=C5C[NH+]1C=C5N=C3)CCNC4N)C1(C#CO2)CCCC1)C(O)C1C=CC(C)CC1. The number of benzene rings is 2. The van der Waals surface area contributed by atoms with E-state index in [0.717, 1.165) is 109 Å². The van der Waals surface area contributed by atoms with E-state index in [1.165, 1.54) is 11.1 Å². The molecule has 2 bridgehead atoms. The maximum Gasteiger partial charge on any atom is 0.252 e. The van der Waals surface area contributed by atoms with Crippen LogP contribution in [-0.4, -0.2) is 47.6 Å². The van der Waals surface area contributed by atoms with Crippen molar-refractivity contribution >= 4 is 12.0 Å². The summed E-state index contributed by atoms with van der Waals surface area (Å²) in [6.07, 6.45) is 21.0. The molecule has 0 saturated heterocycles. The molecular formula is C51H61N4O5+. The molecule has 314 valence electrons. The molecule has 9 nitrogen and oxygen atoms in total. The van der Waals surface area contributed by atoms with Crippen LogP contribution in [0.5, 0.6) is 11.5 Å². The molecule has 1 saturated carbocycles. The van der Waals surface area contributed by atoms with E-state index >= 15 is 0 Å². The molecule has 9 rings (SSSR count). The maximum atomic E-state index is 14.0. The number of aryl methyl sites for hydroxylation is 1. The standard InChI is InChI=1S/C51H60N4O5/c1-3-4-5-8-39(48(58)34-13-9-32(2)10-14-34)45(57)18-11-33-12-20-46-47(27-33)60-50-42(51(24-26-59-46)22-6-7-23-51)17-19-44(56)37-15-16-38-36(21-25-53-49(38)52)40(37)28-35-29-54-43-31-55(50)30-41(35)43/h9,12-13,15-16,20,27,29,31-32,34,39,42,44,48-50,53,56,58H,3-8,10-11,14,18,21-23,25,28,30,52H2,1-2H3/p+1. The molecule has 0 aromatic heterocycles. The number of hydrogen-bond acceptors (Lipinski definition) is 8. The molecule has 1 fully saturated rings. The Labute approximate surface area is 355 Å². The van der Waals surface area contributed by atoms with Gasteiger partial charge in [0.15, 0.2) is 11.5 Å². The van der Waals surface area contributed by atoms with Crippen LogP contribution in [-0.2, 0) is 24.1 Å². The summed E-state index contributed by atoms with van der Waals surface area (Å²) in [7, 11) is 0. The lowest BCUT2D eigenvalue weighted by molar-refractivity contribution is -0.891. The van der Waals surface area contributed by atoms with Crippen LogP contribution in [0.2, 0.25) is 0 Å². The summed E-state index contributed by atoms with van der Waals surface area (Å²) in [6, 6.07) is 9.98. The van der Waals surface area contributed by atoms with Crippen molar-refractivity contribution in [2.75, 3.05) is 13.1 Å². The fourth-order valence-corrected chi connectivity index (χ4v) is 11.0. The number of nitrogens with two attached hydrogens (primary N) is 1. The number of Topliss-reactive ketones (excluding diaryl/α,β-unsaturated/α-hetero) is 1. The van der Waals surface area contributed by atoms with Crippen LogP contribution in [0.25, 0.3) is 0 Å². The lowest BCUT2D eigenvalue weighted by Crippen LogP contribution is -3.12. The fraction of sp³-hybridized carbons (Fsp3) is 0.529. The van der Waals surface area contributed by atoms with E-state index in [0.29, 0.717) is 49.6 Å². The molecule has 2 aromatic carbocycles. The van der Waals surface area contributed by atoms with Gasteiger partial charge in [0.25, 0.3) is 6.23 Å². The van der Waals surface area contributed by atoms with Gasteiger partial charge < -0.3 is 25.4 Å². The molecule has 1 spiro atoms. The fourth-order valence-electron chi connectivity index (χ4n) is 11.0. The largest absolute Gasteiger partial charge is 0.437 e. The van der Waals surface area contributed by atoms with Crippen molar-refractivity contribution in [2.24, 2.45) is 39.8 Å². The van der Waals surface area contributed by atoms with E-state index in [-0.39, 0.29) is 29.7 Å². The Hall–Kier alpha value is -4.48. The number of unbranched alkanes of at least 4 members (excludes halogenated alkanes) is 2. The first-order valence-corrected chi connectivity index (χ1v) is 22.8. The van der Waals surface area contributed by atoms with E-state index in [1.807, 2.05) is 36.5 Å². The number of ether oxygens (including phenoxy) is 2. The quantitative estimate of drug-likeness (QED) is 0.112. The third-order valence-electron chi connectivity index (χ3n) is 14.5. The normalized spacial score (nSPS) is 29.1. The molecule has 0 radical (unpaired) electrons. The van der Waals surface area contributed by atoms with Crippen molar-refractivity contribution in [1.82, 2.24) is 5.32 Å². The third kappa shape index (κ3) is 8.04. The summed E-state index contributed by atoms with van der Waals surface area (Å²) >= 11 is 0. The van der Waals surface area contributed by atoms with Crippen molar-refractivity contribution in [3.05, 3.63) is 93.3 Å². The molecule has 0 amide bonds. The van der Waals surface area contributed by atoms with Crippen LogP contribution < -0.4 is 25.4 Å². The predicted molar refractivity (Wildman–Crippen MR) is 233 cm³/mol. The molecule has 2 aromatic rings. The minimum absolute atomic E-state index is 0.0201. The van der Waals surface area contributed by atoms with Gasteiger partial charge in [-0.3, -0.25) is 20.0 Å². The van der Waals surface area contributed by atoms with Gasteiger partial charge in [-0.25, -0.2) is 0 Å². The van der Waals surface area contributed by atoms with Gasteiger partial charge in [-0.15, -0.1) is 0 Å². The van der Waals surface area contributed by atoms with Gasteiger partial charge >= 0.3 is 0 Å². The minimum Gasteiger partial charge on any atom is -0.437 e. The first-order valence-electron chi connectivity index (χ1n) is 22.8. The van der Waals surface area contributed by atoms with Gasteiger partial charge in [0, 0.05) is 43.0 Å². The van der Waals surface area contributed by atoms with E-state index in [4.69, 9.17) is 20.2 Å². The Morgan fingerprint density at radius 1 is 1.08 bits per heavy atom. The highest BCUT2D eigenvalue weighted by atomic mass is 16.5. The summed E-state index contributed by atoms with van der Waals surface area (Å²) in [5, 5.41) is 27.0. The van der Waals surface area contributed by atoms with Gasteiger partial charge in [-0.1, -0.05) is 94.1 Å². The number of carbonyl (C=O) groups is 1. The maximum absolute atomic E-state index is 14.0. The number of nitrogens with one attached hydrogen (secondary N) is 2. The molecular weight excluding hydrogens is 749 g/mol. The van der Waals surface area contributed by atoms with Crippen LogP contribution in [0.1, 0.15) is 125 Å². The summed E-state index contributed by atoms with van der Waals surface area (Å²) < 4.78 is 13.5. The van der Waals surface area contributed by atoms with E-state index in [1.54, 1.807) is 0 Å². The Bertz CT molecular complexity index is 2240. The van der Waals surface area contributed by atoms with Gasteiger partial charge in [0.05, 0.1) is 17.7 Å². The van der Waals surface area contributed by atoms with Crippen LogP contribution in [0, 0.1) is 53.0 Å². The zero-order valence-corrected chi connectivity index (χ0v) is 35.3. The Kier molecular flexibility index (Phi) is 11.9. The lowest BCUT2D eigenvalue weighted by atomic mass is 9.73. The highest BCUT2D eigenvalue weighted by Crippen LogP contribution is 2.47. The molecule has 9 heteroatoms. The Balaban J connectivity index is 1.04. The average molecular weight is 810 g/mol. The Morgan fingerprint density at radius 3 is 2.75 bits per heavy atom. The molecule has 60 heavy (non-hydrogen) atoms. The number of quaternary nitrogens is 1. The zero-order valence-electron chi connectivity index (χ0n) is 35.3. The van der Waals surface area contributed by atoms with Crippen molar-refractivity contribution in [3.63, 3.8) is 0 Å². The second-order valence-corrected chi connectivity index (χ2v) is 18.4. The smallest absolute Gasteiger partial charge is 0.252 e. The highest BCUT2D eigenvalue weighted by molar-refractivity contribution is 5.87. The van der Waals surface area contributed by atoms with Crippen LogP contribution in [0.15, 0.2) is 70.5 Å². The topological polar surface area (TPSA) is 131 Å². The summed E-state index contributed by atoms with van der Waals surface area (Å²) in [4.78, 5) is 20.1. The van der Waals surface area contributed by atoms with Crippen LogP contribution >= 0.6 is 0 Å². The monoisotopic (exact) mass is 809 g/mol. The highest BCUT2D eigenvalue weighted by Gasteiger charge is 2.51. The molecule has 2 aliphatic carbocycles. The lowest BCUT2D eigenvalue weighted by Gasteiger charge is -2.36. The van der Waals surface area contributed by atoms with E-state index in [2.05, 4.69) is 61.4 Å². The number of hydrogen-bond donors (Lipinski definition) is 5. The first kappa shape index (κ1) is 40.9. The third-order valence-corrected chi connectivity index (χ3v) is 14.5. The number of rotatable bonds is 10. The van der Waals surface area contributed by atoms with Crippen molar-refractivity contribution in [3.8, 4) is 35.4 Å². The summed E-state index contributed by atoms with van der Waals surface area (Å²) in [5.41, 5.74) is 14.5. The van der Waals surface area contributed by atoms with E-state index < -0.39 is 23.9 Å². The van der Waals surface area contributed by atoms with Gasteiger partial charge in [-0.2, -0.15) is 0 Å². The van der Waals surface area contributed by atoms with Crippen LogP contribution in [0.3, 0.4) is 0 Å². The number of fused-ring (bicyclic) bond motifs is 8. The second kappa shape index (κ2) is 17.5. The van der Waals surface area contributed by atoms with Gasteiger partial charge in [0.1, 0.15) is 42.4 Å². The number of aliphatic hydroxyl groups excluding tert-OH is 2. The number of aliphatic imine (C=N–C) groups is 1. The summed E-state index contributed by atoms with van der Waals surface area (Å²) in [5.74, 6) is 11.6. The van der Waals surface area contributed by atoms with E-state index in [9.17, 15) is 15.0 Å². The van der Waals surface area contributed by atoms with Gasteiger partial charge in [-0.05, 0) is 96.4 Å². The van der Waals surface area contributed by atoms with Crippen molar-refractivity contribution < 1.29 is 29.4 Å². The number of carbonyl (C=O) groups excluding carboxylic acids is 1. The first-order chi connectivity index (χ1) is 29.2. The summed E-state index contributed by atoms with van der Waals surface area (Å²) in [6.45, 7) is 5.84. The average Bonchev–Trinajstić information content (AvgIpc) is 4.00. The Morgan fingerprint density at radius 2 is 1.93 bits per heavy atom. The number of aliphatic hydroxyl groups is 2. The van der Waals surface area contributed by atoms with Crippen LogP contribution in [0.4, 0.5) is 0 Å². The molecule has 7 aliphatic rings. The molecule has 5 heterocycles. The molecule has 6 N–H and O–H groups in total. The van der Waals surface area contributed by atoms with Crippen molar-refractivity contribution in [2.45, 2.75) is 128 Å². The second-order valence-electron chi connectivity index (χ2n) is 18.4. The number of nitrogens with zero attached hydrogens (tertiary/aromatic N) is 1. The predicted octanol–water partition coefficient (Wildman–Crippen LogP) is 6.10. The zero-order chi connectivity index (χ0) is 41.4. The number of allylic oxidation sites excluding steroid dienone is 2. The molecule has 9 unspecified atom stereocenters. The minimum atomic E-state index is -1.01. The molecule has 9 atom stereocenters. The molecule has 5 aliphatic heterocycles. The van der Waals surface area contributed by atoms with Crippen molar-refractivity contribution in [1.29, 1.82) is 0 Å². The van der Waals surface area contributed by atoms with Gasteiger partial charge in [0.2, 0.25) is 0 Å². The number of ketones is 1.